The van der Waals surface area contributed by atoms with Crippen LogP contribution in [0.3, 0.4) is 0 Å². The highest BCUT2D eigenvalue weighted by atomic mass is 35.5. The first-order chi connectivity index (χ1) is 2.50. The Bertz CT molecular complexity index is 71.0. The molecule has 0 aliphatic heterocycles. The van der Waals surface area contributed by atoms with Crippen molar-refractivity contribution < 1.29 is 15.4 Å². The second-order valence-electron chi connectivity index (χ2n) is 0.676. The number of aromatic nitrogens is 1. The maximum Gasteiger partial charge on any atom is 0.180 e. The van der Waals surface area contributed by atoms with E-state index in [-0.39, 0.29) is 23.4 Å². The van der Waals surface area contributed by atoms with Crippen LogP contribution in [0.25, 0.3) is 0 Å². The van der Waals surface area contributed by atoms with Crippen molar-refractivity contribution in [1.82, 2.24) is 4.98 Å². The van der Waals surface area contributed by atoms with E-state index in [0.717, 1.165) is 0 Å². The summed E-state index contributed by atoms with van der Waals surface area (Å²) >= 11 is 0. The maximum atomic E-state index is 4.47. The quantitative estimate of drug-likeness (QED) is 0.485. The van der Waals surface area contributed by atoms with Crippen LogP contribution in [0.15, 0.2) is 23.3 Å². The summed E-state index contributed by atoms with van der Waals surface area (Å²) in [4.78, 5) is 3.56. The average Bonchev–Trinajstić information content (AvgIpc) is 1.76. The van der Waals surface area contributed by atoms with Gasteiger partial charge in [-0.1, -0.05) is 0 Å². The molecule has 0 bridgehead atoms. The zero-order chi connectivity index (χ0) is 3.54. The highest BCUT2D eigenvalue weighted by Crippen LogP contribution is 1.72. The predicted octanol–water partition coefficient (Wildman–Crippen LogP) is -0.553. The van der Waals surface area contributed by atoms with Crippen molar-refractivity contribution in [2.75, 3.05) is 0 Å². The Morgan fingerprint density at radius 3 is 2.00 bits per heavy atom. The molecule has 0 aromatic carbocycles. The summed E-state index contributed by atoms with van der Waals surface area (Å²) in [6, 6.07) is 0. The molecule has 1 aromatic rings. The summed E-state index contributed by atoms with van der Waals surface area (Å²) in [5.41, 5.74) is 0. The maximum absolute atomic E-state index is 4.47. The third kappa shape index (κ3) is 5.42. The van der Waals surface area contributed by atoms with Crippen LogP contribution in [-0.4, -0.2) is 15.9 Å². The minimum atomic E-state index is 0. The third-order valence-corrected chi connectivity index (χ3v) is 0.347. The SMILES string of the molecule is Cl.O.O.c1cocn1. The summed E-state index contributed by atoms with van der Waals surface area (Å²) in [6.45, 7) is 0. The molecule has 0 radical (unpaired) electrons. The van der Waals surface area contributed by atoms with E-state index >= 15 is 0 Å². The largest absolute Gasteiger partial charge is 0.452 e. The van der Waals surface area contributed by atoms with Gasteiger partial charge >= 0.3 is 0 Å². The molecular weight excluding hydrogens is 133 g/mol. The van der Waals surface area contributed by atoms with E-state index < -0.39 is 0 Å². The minimum absolute atomic E-state index is 0. The first-order valence-electron chi connectivity index (χ1n) is 1.32. The summed E-state index contributed by atoms with van der Waals surface area (Å²) in [5, 5.41) is 0. The molecule has 1 rings (SSSR count). The molecule has 0 saturated carbocycles. The first-order valence-corrected chi connectivity index (χ1v) is 1.32. The number of hydrogen-bond acceptors (Lipinski definition) is 2. The van der Waals surface area contributed by atoms with E-state index in [1.54, 1.807) is 6.20 Å². The van der Waals surface area contributed by atoms with Gasteiger partial charge in [0.15, 0.2) is 6.39 Å². The molecule has 0 fully saturated rings. The summed E-state index contributed by atoms with van der Waals surface area (Å²) < 4.78 is 4.47. The molecule has 1 aromatic heterocycles. The average molecular weight is 142 g/mol. The fourth-order valence-corrected chi connectivity index (χ4v) is 0.176. The van der Waals surface area contributed by atoms with Crippen molar-refractivity contribution >= 4 is 12.4 Å². The first kappa shape index (κ1) is 15.7. The Morgan fingerprint density at radius 1 is 1.25 bits per heavy atom. The molecule has 4 nitrogen and oxygen atoms in total. The number of nitrogens with zero attached hydrogens (tertiary/aromatic N) is 1. The standard InChI is InChI=1S/C3H3NO.ClH.2H2O/c1-2-5-3-4-1;;;/h1-3H;1H;2*1H2. The lowest BCUT2D eigenvalue weighted by molar-refractivity contribution is 0.558. The van der Waals surface area contributed by atoms with Gasteiger partial charge in [0.1, 0.15) is 6.26 Å². The van der Waals surface area contributed by atoms with Gasteiger partial charge in [-0.05, 0) is 0 Å². The fraction of sp³-hybridized carbons (Fsp3) is 0. The molecule has 50 valence electrons. The van der Waals surface area contributed by atoms with Crippen LogP contribution in [0.2, 0.25) is 0 Å². The van der Waals surface area contributed by atoms with Crippen molar-refractivity contribution in [3.63, 3.8) is 0 Å². The van der Waals surface area contributed by atoms with Gasteiger partial charge in [-0.2, -0.15) is 0 Å². The van der Waals surface area contributed by atoms with Crippen LogP contribution in [0.4, 0.5) is 0 Å². The van der Waals surface area contributed by atoms with Gasteiger partial charge in [0.05, 0.1) is 6.20 Å². The van der Waals surface area contributed by atoms with Gasteiger partial charge in [-0.3, -0.25) is 0 Å². The van der Waals surface area contributed by atoms with Crippen molar-refractivity contribution in [2.24, 2.45) is 0 Å². The predicted molar refractivity (Wildman–Crippen MR) is 31.0 cm³/mol. The highest BCUT2D eigenvalue weighted by Gasteiger charge is 1.59. The molecule has 0 aliphatic carbocycles. The fourth-order valence-electron chi connectivity index (χ4n) is 0.176. The van der Waals surface area contributed by atoms with E-state index in [4.69, 9.17) is 0 Å². The highest BCUT2D eigenvalue weighted by molar-refractivity contribution is 5.85. The summed E-state index contributed by atoms with van der Waals surface area (Å²) in [7, 11) is 0. The van der Waals surface area contributed by atoms with Gasteiger partial charge in [0, 0.05) is 0 Å². The normalized spacial score (nSPS) is 5.00. The Kier molecular flexibility index (Phi) is 18.9. The van der Waals surface area contributed by atoms with Crippen molar-refractivity contribution in [3.05, 3.63) is 18.9 Å². The minimum Gasteiger partial charge on any atom is -0.452 e. The molecule has 0 amide bonds. The molecule has 0 atom stereocenters. The Hall–Kier alpha value is -0.580. The van der Waals surface area contributed by atoms with Crippen molar-refractivity contribution in [3.8, 4) is 0 Å². The second-order valence-corrected chi connectivity index (χ2v) is 0.676. The van der Waals surface area contributed by atoms with Gasteiger partial charge in [0.2, 0.25) is 0 Å². The van der Waals surface area contributed by atoms with Gasteiger partial charge in [0.25, 0.3) is 0 Å². The molecule has 1 heterocycles. The molecule has 8 heavy (non-hydrogen) atoms. The van der Waals surface area contributed by atoms with E-state index in [9.17, 15) is 0 Å². The monoisotopic (exact) mass is 141 g/mol. The Labute approximate surface area is 52.6 Å². The molecule has 0 saturated heterocycles. The third-order valence-electron chi connectivity index (χ3n) is 0.347. The number of rotatable bonds is 0. The lowest BCUT2D eigenvalue weighted by Gasteiger charge is -1.47. The van der Waals surface area contributed by atoms with Crippen LogP contribution in [-0.2, 0) is 0 Å². The number of halogens is 1. The van der Waals surface area contributed by atoms with E-state index in [1.165, 1.54) is 12.7 Å². The van der Waals surface area contributed by atoms with Gasteiger partial charge < -0.3 is 15.4 Å². The smallest absolute Gasteiger partial charge is 0.180 e. The van der Waals surface area contributed by atoms with E-state index in [1.807, 2.05) is 0 Å². The molecule has 0 spiro atoms. The van der Waals surface area contributed by atoms with E-state index in [0.29, 0.717) is 0 Å². The molecular formula is C3H8ClNO3. The van der Waals surface area contributed by atoms with Crippen molar-refractivity contribution in [2.45, 2.75) is 0 Å². The lowest BCUT2D eigenvalue weighted by Crippen LogP contribution is -1.38. The Balaban J connectivity index is -0.0000000833. The second kappa shape index (κ2) is 9.65. The molecule has 5 heteroatoms. The van der Waals surface area contributed by atoms with Crippen LogP contribution >= 0.6 is 12.4 Å². The zero-order valence-corrected chi connectivity index (χ0v) is 4.81. The van der Waals surface area contributed by atoms with Crippen molar-refractivity contribution in [1.29, 1.82) is 0 Å². The number of hydrogen-bond donors (Lipinski definition) is 0. The van der Waals surface area contributed by atoms with Gasteiger partial charge in [-0.15, -0.1) is 12.4 Å². The summed E-state index contributed by atoms with van der Waals surface area (Å²) in [6.07, 6.45) is 4.47. The Morgan fingerprint density at radius 2 is 1.88 bits per heavy atom. The lowest BCUT2D eigenvalue weighted by atomic mass is 11.0. The molecule has 0 aliphatic rings. The van der Waals surface area contributed by atoms with Crippen LogP contribution in [0.5, 0.6) is 0 Å². The van der Waals surface area contributed by atoms with Gasteiger partial charge in [-0.25, -0.2) is 4.98 Å². The van der Waals surface area contributed by atoms with Crippen LogP contribution < -0.4 is 0 Å². The number of oxazole rings is 1. The summed E-state index contributed by atoms with van der Waals surface area (Å²) in [5.74, 6) is 0. The molecule has 0 unspecified atom stereocenters. The zero-order valence-electron chi connectivity index (χ0n) is 4.00. The van der Waals surface area contributed by atoms with Crippen LogP contribution in [0.1, 0.15) is 0 Å². The van der Waals surface area contributed by atoms with Crippen LogP contribution in [0, 0.1) is 0 Å². The van der Waals surface area contributed by atoms with E-state index in [2.05, 4.69) is 9.40 Å². The molecule has 4 N–H and O–H groups in total. The topological polar surface area (TPSA) is 89.0 Å².